The number of pyridine rings is 1. The Morgan fingerprint density at radius 1 is 1.20 bits per heavy atom. The fourth-order valence-corrected chi connectivity index (χ4v) is 2.52. The smallest absolute Gasteiger partial charge is 0.275 e. The number of carbonyl (C=O) groups is 1. The van der Waals surface area contributed by atoms with Gasteiger partial charge in [-0.15, -0.1) is 0 Å². The largest absolute Gasteiger partial charge is 0.493 e. The normalized spacial score (nSPS) is 10.5. The van der Waals surface area contributed by atoms with Crippen LogP contribution in [0.15, 0.2) is 48.7 Å². The molecule has 0 saturated heterocycles. The second-order valence-corrected chi connectivity index (χ2v) is 5.35. The zero-order valence-electron chi connectivity index (χ0n) is 14.1. The van der Waals surface area contributed by atoms with Crippen LogP contribution in [0.25, 0.3) is 11.1 Å². The molecule has 1 aromatic carbocycles. The van der Waals surface area contributed by atoms with Gasteiger partial charge in [0.05, 0.1) is 6.61 Å². The summed E-state index contributed by atoms with van der Waals surface area (Å²) in [5.74, 6) is 1.14. The Morgan fingerprint density at radius 3 is 2.68 bits per heavy atom. The lowest BCUT2D eigenvalue weighted by atomic mass is 10.1. The Kier molecular flexibility index (Phi) is 4.65. The first-order valence-electron chi connectivity index (χ1n) is 7.88. The molecular formula is C18H19N5O2. The van der Waals surface area contributed by atoms with Crippen molar-refractivity contribution in [2.75, 3.05) is 17.7 Å². The van der Waals surface area contributed by atoms with Crippen molar-refractivity contribution in [3.8, 4) is 16.9 Å². The highest BCUT2D eigenvalue weighted by Gasteiger charge is 2.14. The van der Waals surface area contributed by atoms with Gasteiger partial charge in [0.2, 0.25) is 0 Å². The lowest BCUT2D eigenvalue weighted by Gasteiger charge is -2.12. The van der Waals surface area contributed by atoms with Crippen LogP contribution in [0.2, 0.25) is 0 Å². The van der Waals surface area contributed by atoms with Crippen molar-refractivity contribution in [1.82, 2.24) is 14.8 Å². The number of nitrogens with two attached hydrogens (primary N) is 1. The summed E-state index contributed by atoms with van der Waals surface area (Å²) in [6.07, 6.45) is 1.56. The quantitative estimate of drug-likeness (QED) is 0.746. The third kappa shape index (κ3) is 3.45. The number of hydrogen-bond donors (Lipinski definition) is 2. The Morgan fingerprint density at radius 2 is 2.00 bits per heavy atom. The highest BCUT2D eigenvalue weighted by molar-refractivity contribution is 6.02. The molecule has 3 N–H and O–H groups in total. The van der Waals surface area contributed by atoms with Crippen molar-refractivity contribution < 1.29 is 9.53 Å². The number of anilines is 2. The molecule has 0 spiro atoms. The molecular weight excluding hydrogens is 318 g/mol. The van der Waals surface area contributed by atoms with Crippen LogP contribution in [0.1, 0.15) is 17.4 Å². The topological polar surface area (TPSA) is 95.1 Å². The summed E-state index contributed by atoms with van der Waals surface area (Å²) < 4.78 is 7.13. The van der Waals surface area contributed by atoms with Gasteiger partial charge in [-0.05, 0) is 31.2 Å². The number of nitrogens with one attached hydrogen (secondary N) is 1. The van der Waals surface area contributed by atoms with Gasteiger partial charge in [-0.1, -0.05) is 18.2 Å². The third-order valence-corrected chi connectivity index (χ3v) is 3.70. The van der Waals surface area contributed by atoms with E-state index in [1.165, 1.54) is 4.68 Å². The zero-order chi connectivity index (χ0) is 17.8. The van der Waals surface area contributed by atoms with E-state index in [4.69, 9.17) is 10.5 Å². The molecule has 7 heteroatoms. The number of ether oxygens (including phenoxy) is 1. The van der Waals surface area contributed by atoms with E-state index >= 15 is 0 Å². The van der Waals surface area contributed by atoms with Crippen molar-refractivity contribution in [1.29, 1.82) is 0 Å². The fraction of sp³-hybridized carbons (Fsp3) is 0.167. The number of nitrogens with zero attached hydrogens (tertiary/aromatic N) is 3. The molecule has 3 rings (SSSR count). The summed E-state index contributed by atoms with van der Waals surface area (Å²) in [5, 5.41) is 6.70. The molecule has 2 heterocycles. The van der Waals surface area contributed by atoms with E-state index in [1.54, 1.807) is 25.4 Å². The summed E-state index contributed by atoms with van der Waals surface area (Å²) in [6, 6.07) is 12.8. The van der Waals surface area contributed by atoms with Crippen LogP contribution >= 0.6 is 0 Å². The maximum atomic E-state index is 12.2. The Bertz CT molecular complexity index is 904. The Hall–Kier alpha value is -3.35. The monoisotopic (exact) mass is 337 g/mol. The number of amides is 1. The van der Waals surface area contributed by atoms with Crippen LogP contribution in [-0.2, 0) is 7.05 Å². The van der Waals surface area contributed by atoms with E-state index in [2.05, 4.69) is 15.4 Å². The molecule has 2 aromatic heterocycles. The third-order valence-electron chi connectivity index (χ3n) is 3.70. The van der Waals surface area contributed by atoms with Crippen molar-refractivity contribution >= 4 is 17.5 Å². The van der Waals surface area contributed by atoms with Gasteiger partial charge in [0.1, 0.15) is 23.1 Å². The molecule has 7 nitrogen and oxygen atoms in total. The molecule has 0 atom stereocenters. The van der Waals surface area contributed by atoms with Crippen LogP contribution in [0.4, 0.5) is 11.6 Å². The number of aryl methyl sites for hydroxylation is 1. The molecule has 0 aliphatic rings. The van der Waals surface area contributed by atoms with E-state index < -0.39 is 0 Å². The SMILES string of the molecule is CCOc1ccccc1-c1ccc(NC(=O)c2ccnn2C)nc1N. The highest BCUT2D eigenvalue weighted by Crippen LogP contribution is 2.33. The van der Waals surface area contributed by atoms with Crippen LogP contribution in [0.5, 0.6) is 5.75 Å². The summed E-state index contributed by atoms with van der Waals surface area (Å²) in [4.78, 5) is 16.5. The van der Waals surface area contributed by atoms with Gasteiger partial charge in [0.25, 0.3) is 5.91 Å². The van der Waals surface area contributed by atoms with Gasteiger partial charge < -0.3 is 15.8 Å². The van der Waals surface area contributed by atoms with Crippen LogP contribution in [-0.4, -0.2) is 27.3 Å². The lowest BCUT2D eigenvalue weighted by Crippen LogP contribution is -2.17. The summed E-state index contributed by atoms with van der Waals surface area (Å²) >= 11 is 0. The van der Waals surface area contributed by atoms with E-state index in [1.807, 2.05) is 37.3 Å². The maximum Gasteiger partial charge on any atom is 0.275 e. The van der Waals surface area contributed by atoms with Crippen LogP contribution in [0.3, 0.4) is 0 Å². The molecule has 0 fully saturated rings. The van der Waals surface area contributed by atoms with Crippen molar-refractivity contribution in [2.45, 2.75) is 6.92 Å². The average Bonchev–Trinajstić information content (AvgIpc) is 3.02. The first-order valence-corrected chi connectivity index (χ1v) is 7.88. The standard InChI is InChI=1S/C18H19N5O2/c1-3-25-15-7-5-4-6-12(15)13-8-9-16(21-17(13)19)22-18(24)14-10-11-20-23(14)2/h4-11H,3H2,1-2H3,(H3,19,21,22,24). The average molecular weight is 337 g/mol. The van der Waals surface area contributed by atoms with E-state index in [9.17, 15) is 4.79 Å². The minimum Gasteiger partial charge on any atom is -0.493 e. The first-order chi connectivity index (χ1) is 12.1. The molecule has 0 bridgehead atoms. The predicted molar refractivity (Wildman–Crippen MR) is 96.4 cm³/mol. The highest BCUT2D eigenvalue weighted by atomic mass is 16.5. The van der Waals surface area contributed by atoms with Crippen molar-refractivity contribution in [2.24, 2.45) is 7.05 Å². The summed E-state index contributed by atoms with van der Waals surface area (Å²) in [6.45, 7) is 2.48. The Labute approximate surface area is 145 Å². The Balaban J connectivity index is 1.87. The lowest BCUT2D eigenvalue weighted by molar-refractivity contribution is 0.101. The predicted octanol–water partition coefficient (Wildman–Crippen LogP) is 2.72. The molecule has 0 radical (unpaired) electrons. The molecule has 0 aliphatic heterocycles. The van der Waals surface area contributed by atoms with E-state index in [0.29, 0.717) is 23.9 Å². The van der Waals surface area contributed by atoms with Crippen LogP contribution < -0.4 is 15.8 Å². The number of carbonyl (C=O) groups excluding carboxylic acids is 1. The molecule has 0 unspecified atom stereocenters. The molecule has 25 heavy (non-hydrogen) atoms. The molecule has 128 valence electrons. The number of nitrogen functional groups attached to an aromatic ring is 1. The molecule has 0 aliphatic carbocycles. The number of para-hydroxylation sites is 1. The van der Waals surface area contributed by atoms with Crippen molar-refractivity contribution in [3.63, 3.8) is 0 Å². The molecule has 0 saturated carbocycles. The van der Waals surface area contributed by atoms with Gasteiger partial charge in [-0.2, -0.15) is 5.10 Å². The molecule has 1 amide bonds. The number of benzene rings is 1. The minimum absolute atomic E-state index is 0.297. The van der Waals surface area contributed by atoms with Gasteiger partial charge in [-0.25, -0.2) is 4.98 Å². The first kappa shape index (κ1) is 16.5. The number of rotatable bonds is 5. The van der Waals surface area contributed by atoms with Crippen molar-refractivity contribution in [3.05, 3.63) is 54.4 Å². The summed E-state index contributed by atoms with van der Waals surface area (Å²) in [5.41, 5.74) is 8.16. The van der Waals surface area contributed by atoms with E-state index in [-0.39, 0.29) is 5.91 Å². The zero-order valence-corrected chi connectivity index (χ0v) is 14.1. The minimum atomic E-state index is -0.297. The van der Waals surface area contributed by atoms with Crippen LogP contribution in [0, 0.1) is 0 Å². The van der Waals surface area contributed by atoms with Gasteiger partial charge in [0.15, 0.2) is 0 Å². The fourth-order valence-electron chi connectivity index (χ4n) is 2.52. The van der Waals surface area contributed by atoms with Gasteiger partial charge in [-0.3, -0.25) is 9.48 Å². The maximum absolute atomic E-state index is 12.2. The molecule has 3 aromatic rings. The van der Waals surface area contributed by atoms with E-state index in [0.717, 1.165) is 16.9 Å². The summed E-state index contributed by atoms with van der Waals surface area (Å²) in [7, 11) is 1.70. The second-order valence-electron chi connectivity index (χ2n) is 5.35. The second kappa shape index (κ2) is 7.04. The van der Waals surface area contributed by atoms with Gasteiger partial charge >= 0.3 is 0 Å². The van der Waals surface area contributed by atoms with Gasteiger partial charge in [0, 0.05) is 24.4 Å². The number of hydrogen-bond acceptors (Lipinski definition) is 5. The number of aromatic nitrogens is 3.